The number of aromatic nitrogens is 5. The van der Waals surface area contributed by atoms with Crippen LogP contribution in [0.15, 0.2) is 41.2 Å². The van der Waals surface area contributed by atoms with Crippen molar-refractivity contribution in [2.45, 2.75) is 6.92 Å². The van der Waals surface area contributed by atoms with E-state index in [1.54, 1.807) is 19.3 Å². The first-order valence-corrected chi connectivity index (χ1v) is 9.83. The van der Waals surface area contributed by atoms with E-state index >= 15 is 0 Å². The Balaban J connectivity index is 1.50. The Morgan fingerprint density at radius 3 is 2.70 bits per heavy atom. The van der Waals surface area contributed by atoms with Crippen LogP contribution in [0.3, 0.4) is 0 Å². The van der Waals surface area contributed by atoms with E-state index in [1.165, 1.54) is 0 Å². The summed E-state index contributed by atoms with van der Waals surface area (Å²) in [6.07, 6.45) is 3.48. The minimum atomic E-state index is 0.0457. The molecule has 30 heavy (non-hydrogen) atoms. The molecule has 0 aromatic carbocycles. The van der Waals surface area contributed by atoms with Gasteiger partial charge in [-0.05, 0) is 24.3 Å². The van der Waals surface area contributed by atoms with Crippen molar-refractivity contribution in [3.8, 4) is 22.8 Å². The van der Waals surface area contributed by atoms with Gasteiger partial charge >= 0.3 is 0 Å². The number of pyridine rings is 2. The van der Waals surface area contributed by atoms with E-state index < -0.39 is 0 Å². The van der Waals surface area contributed by atoms with Gasteiger partial charge in [-0.1, -0.05) is 5.16 Å². The summed E-state index contributed by atoms with van der Waals surface area (Å²) in [7, 11) is 1.90. The highest BCUT2D eigenvalue weighted by Gasteiger charge is 2.22. The molecule has 1 aliphatic rings. The van der Waals surface area contributed by atoms with Crippen molar-refractivity contribution in [1.82, 2.24) is 34.9 Å². The fraction of sp³-hybridized carbons (Fsp3) is 0.286. The van der Waals surface area contributed by atoms with E-state index in [4.69, 9.17) is 4.52 Å². The van der Waals surface area contributed by atoms with Crippen LogP contribution in [0.2, 0.25) is 0 Å². The second kappa shape index (κ2) is 7.34. The zero-order valence-corrected chi connectivity index (χ0v) is 16.8. The van der Waals surface area contributed by atoms with Crippen molar-refractivity contribution in [1.29, 1.82) is 0 Å². The molecule has 1 saturated heterocycles. The number of aryl methyl sites for hydroxylation is 2. The highest BCUT2D eigenvalue weighted by atomic mass is 16.5. The van der Waals surface area contributed by atoms with Crippen LogP contribution in [0, 0.1) is 6.92 Å². The van der Waals surface area contributed by atoms with Gasteiger partial charge in [0.25, 0.3) is 5.91 Å². The maximum absolute atomic E-state index is 13.0. The number of fused-ring (bicyclic) bond motifs is 1. The van der Waals surface area contributed by atoms with Gasteiger partial charge in [0.2, 0.25) is 11.7 Å². The summed E-state index contributed by atoms with van der Waals surface area (Å²) >= 11 is 0. The van der Waals surface area contributed by atoms with Gasteiger partial charge in [0, 0.05) is 57.3 Å². The molecule has 1 fully saturated rings. The number of amides is 1. The van der Waals surface area contributed by atoms with Gasteiger partial charge in [0.1, 0.15) is 5.69 Å². The van der Waals surface area contributed by atoms with E-state index in [-0.39, 0.29) is 5.91 Å². The molecule has 0 unspecified atom stereocenters. The molecule has 5 heterocycles. The lowest BCUT2D eigenvalue weighted by molar-refractivity contribution is 0.0726. The van der Waals surface area contributed by atoms with Crippen LogP contribution < -0.4 is 5.32 Å². The molecule has 0 spiro atoms. The third kappa shape index (κ3) is 3.22. The zero-order chi connectivity index (χ0) is 20.7. The molecule has 1 aliphatic heterocycles. The molecule has 152 valence electrons. The summed E-state index contributed by atoms with van der Waals surface area (Å²) in [4.78, 5) is 28.2. The lowest BCUT2D eigenvalue weighted by Crippen LogP contribution is -2.46. The van der Waals surface area contributed by atoms with Gasteiger partial charge < -0.3 is 19.3 Å². The summed E-state index contributed by atoms with van der Waals surface area (Å²) in [6, 6.07) is 7.60. The van der Waals surface area contributed by atoms with E-state index in [2.05, 4.69) is 25.4 Å². The van der Waals surface area contributed by atoms with Gasteiger partial charge in [-0.3, -0.25) is 14.8 Å². The van der Waals surface area contributed by atoms with Gasteiger partial charge in [-0.2, -0.15) is 4.98 Å². The summed E-state index contributed by atoms with van der Waals surface area (Å²) < 4.78 is 6.98. The van der Waals surface area contributed by atoms with Crippen molar-refractivity contribution >= 4 is 16.8 Å². The molecule has 1 N–H and O–H groups in total. The first kappa shape index (κ1) is 18.4. The standard InChI is InChI=1S/C21H21N7O2/c1-13-25-20(26-30-13)14-3-4-23-16(9-14)17-10-15-11-18(27(2)19(15)12-24-17)21(29)28-7-5-22-6-8-28/h3-4,9-12,22H,5-8H2,1-2H3. The maximum Gasteiger partial charge on any atom is 0.270 e. The Morgan fingerprint density at radius 1 is 1.13 bits per heavy atom. The molecule has 0 atom stereocenters. The summed E-state index contributed by atoms with van der Waals surface area (Å²) in [6.45, 7) is 4.83. The summed E-state index contributed by atoms with van der Waals surface area (Å²) in [5.41, 5.74) is 3.80. The Kier molecular flexibility index (Phi) is 4.51. The summed E-state index contributed by atoms with van der Waals surface area (Å²) in [5.74, 6) is 1.07. The third-order valence-electron chi connectivity index (χ3n) is 5.36. The van der Waals surface area contributed by atoms with Gasteiger partial charge in [-0.15, -0.1) is 0 Å². The number of piperazine rings is 1. The zero-order valence-electron chi connectivity index (χ0n) is 16.8. The molecule has 5 rings (SSSR count). The average molecular weight is 403 g/mol. The third-order valence-corrected chi connectivity index (χ3v) is 5.36. The van der Waals surface area contributed by atoms with Crippen molar-refractivity contribution < 1.29 is 9.32 Å². The molecule has 0 radical (unpaired) electrons. The fourth-order valence-electron chi connectivity index (χ4n) is 3.73. The monoisotopic (exact) mass is 403 g/mol. The highest BCUT2D eigenvalue weighted by Crippen LogP contribution is 2.26. The second-order valence-electron chi connectivity index (χ2n) is 7.33. The van der Waals surface area contributed by atoms with Gasteiger partial charge in [-0.25, -0.2) is 0 Å². The van der Waals surface area contributed by atoms with Crippen LogP contribution in [0.25, 0.3) is 33.7 Å². The molecule has 1 amide bonds. The Bertz CT molecular complexity index is 1240. The number of nitrogens with zero attached hydrogens (tertiary/aromatic N) is 6. The first-order valence-electron chi connectivity index (χ1n) is 9.83. The van der Waals surface area contributed by atoms with Crippen LogP contribution in [0.5, 0.6) is 0 Å². The molecule has 9 heteroatoms. The molecule has 0 aliphatic carbocycles. The van der Waals surface area contributed by atoms with Gasteiger partial charge in [0.15, 0.2) is 0 Å². The van der Waals surface area contributed by atoms with Crippen molar-refractivity contribution in [2.75, 3.05) is 26.2 Å². The lowest BCUT2D eigenvalue weighted by atomic mass is 10.1. The molecule has 4 aromatic rings. The average Bonchev–Trinajstić information content (AvgIpc) is 3.37. The number of carbonyl (C=O) groups is 1. The van der Waals surface area contributed by atoms with Crippen LogP contribution >= 0.6 is 0 Å². The smallest absolute Gasteiger partial charge is 0.270 e. The first-order chi connectivity index (χ1) is 14.6. The Morgan fingerprint density at radius 2 is 1.93 bits per heavy atom. The van der Waals surface area contributed by atoms with Gasteiger partial charge in [0.05, 0.1) is 23.1 Å². The maximum atomic E-state index is 13.0. The summed E-state index contributed by atoms with van der Waals surface area (Å²) in [5, 5.41) is 8.19. The number of nitrogens with one attached hydrogen (secondary N) is 1. The van der Waals surface area contributed by atoms with E-state index in [0.29, 0.717) is 23.1 Å². The van der Waals surface area contributed by atoms with Crippen LogP contribution in [-0.2, 0) is 7.05 Å². The molecule has 0 saturated carbocycles. The van der Waals surface area contributed by atoms with Crippen LogP contribution in [-0.4, -0.2) is 61.7 Å². The topological polar surface area (TPSA) is 102 Å². The number of rotatable bonds is 3. The Hall–Kier alpha value is -3.59. The SMILES string of the molecule is Cc1nc(-c2ccnc(-c3cc4cc(C(=O)N5CCNCC5)n(C)c4cn3)c2)no1. The van der Waals surface area contributed by atoms with E-state index in [1.807, 2.05) is 40.8 Å². The van der Waals surface area contributed by atoms with E-state index in [0.717, 1.165) is 48.3 Å². The highest BCUT2D eigenvalue weighted by molar-refractivity contribution is 5.99. The second-order valence-corrected chi connectivity index (χ2v) is 7.33. The van der Waals surface area contributed by atoms with Crippen molar-refractivity contribution in [3.05, 3.63) is 48.2 Å². The predicted molar refractivity (Wildman–Crippen MR) is 111 cm³/mol. The largest absolute Gasteiger partial charge is 0.339 e. The van der Waals surface area contributed by atoms with Crippen molar-refractivity contribution in [3.63, 3.8) is 0 Å². The normalized spacial score (nSPS) is 14.4. The molecular weight excluding hydrogens is 382 g/mol. The number of hydrogen-bond donors (Lipinski definition) is 1. The number of hydrogen-bond acceptors (Lipinski definition) is 7. The molecule has 0 bridgehead atoms. The van der Waals surface area contributed by atoms with E-state index in [9.17, 15) is 4.79 Å². The molecule has 4 aromatic heterocycles. The Labute approximate surface area is 172 Å². The minimum Gasteiger partial charge on any atom is -0.339 e. The molecule has 9 nitrogen and oxygen atoms in total. The molecular formula is C21H21N7O2. The predicted octanol–water partition coefficient (Wildman–Crippen LogP) is 2.04. The van der Waals surface area contributed by atoms with Crippen LogP contribution in [0.1, 0.15) is 16.4 Å². The lowest BCUT2D eigenvalue weighted by Gasteiger charge is -2.27. The minimum absolute atomic E-state index is 0.0457. The van der Waals surface area contributed by atoms with Crippen molar-refractivity contribution in [2.24, 2.45) is 7.05 Å². The van der Waals surface area contributed by atoms with Crippen LogP contribution in [0.4, 0.5) is 0 Å². The fourth-order valence-corrected chi connectivity index (χ4v) is 3.73. The number of carbonyl (C=O) groups excluding carboxylic acids is 1. The quantitative estimate of drug-likeness (QED) is 0.558.